The number of carbonyl (C=O) groups excluding carboxylic acids is 1. The van der Waals surface area contributed by atoms with Gasteiger partial charge in [-0.05, 0) is 16.7 Å². The lowest BCUT2D eigenvalue weighted by Crippen LogP contribution is -2.16. The smallest absolute Gasteiger partial charge is 0.187 e. The molecular weight excluding hydrogens is 306 g/mol. The van der Waals surface area contributed by atoms with Crippen molar-refractivity contribution in [3.05, 3.63) is 113 Å². The molecule has 0 aliphatic carbocycles. The number of hydrogen-bond acceptors (Lipinski definition) is 2. The SMILES string of the molecule is O=C(/C=C(\c1ccccc1)N1Cc2ccccc2C1)c1ccccc1. The molecule has 0 spiro atoms. The summed E-state index contributed by atoms with van der Waals surface area (Å²) in [6.45, 7) is 1.66. The third-order valence-electron chi connectivity index (χ3n) is 4.58. The standard InChI is InChI=1S/C23H19NO/c25-23(19-11-5-2-6-12-19)15-22(18-9-3-1-4-10-18)24-16-20-13-7-8-14-21(20)17-24/h1-15H,16-17H2/b22-15+. The lowest BCUT2D eigenvalue weighted by atomic mass is 10.1. The summed E-state index contributed by atoms with van der Waals surface area (Å²) in [6.07, 6.45) is 1.77. The highest BCUT2D eigenvalue weighted by molar-refractivity contribution is 6.08. The molecular formula is C23H19NO. The number of carbonyl (C=O) groups is 1. The first kappa shape index (κ1) is 15.4. The Morgan fingerprint density at radius 3 is 1.72 bits per heavy atom. The van der Waals surface area contributed by atoms with Crippen LogP contribution in [0.25, 0.3) is 5.70 Å². The van der Waals surface area contributed by atoms with Crippen LogP contribution in [0.5, 0.6) is 0 Å². The molecule has 3 aromatic rings. The Morgan fingerprint density at radius 1 is 0.680 bits per heavy atom. The van der Waals surface area contributed by atoms with Gasteiger partial charge in [0.05, 0.1) is 0 Å². The summed E-state index contributed by atoms with van der Waals surface area (Å²) in [6, 6.07) is 28.1. The molecule has 0 radical (unpaired) electrons. The van der Waals surface area contributed by atoms with Gasteiger partial charge in [-0.2, -0.15) is 0 Å². The molecule has 0 amide bonds. The zero-order valence-corrected chi connectivity index (χ0v) is 13.9. The number of allylic oxidation sites excluding steroid dienone is 1. The fourth-order valence-electron chi connectivity index (χ4n) is 3.28. The van der Waals surface area contributed by atoms with Crippen molar-refractivity contribution in [1.82, 2.24) is 4.90 Å². The van der Waals surface area contributed by atoms with E-state index in [-0.39, 0.29) is 5.78 Å². The van der Waals surface area contributed by atoms with Crippen molar-refractivity contribution in [1.29, 1.82) is 0 Å². The van der Waals surface area contributed by atoms with Crippen LogP contribution in [0.1, 0.15) is 27.0 Å². The number of rotatable bonds is 4. The van der Waals surface area contributed by atoms with E-state index in [2.05, 4.69) is 41.3 Å². The van der Waals surface area contributed by atoms with Gasteiger partial charge in [0, 0.05) is 30.4 Å². The van der Waals surface area contributed by atoms with Crippen LogP contribution < -0.4 is 0 Å². The van der Waals surface area contributed by atoms with Crippen molar-refractivity contribution in [3.8, 4) is 0 Å². The number of ketones is 1. The summed E-state index contributed by atoms with van der Waals surface area (Å²) in [5.74, 6) is 0.0374. The summed E-state index contributed by atoms with van der Waals surface area (Å²) in [4.78, 5) is 15.0. The van der Waals surface area contributed by atoms with Gasteiger partial charge >= 0.3 is 0 Å². The third-order valence-corrected chi connectivity index (χ3v) is 4.58. The zero-order chi connectivity index (χ0) is 17.1. The van der Waals surface area contributed by atoms with E-state index in [1.807, 2.05) is 48.5 Å². The van der Waals surface area contributed by atoms with Crippen LogP contribution in [0.3, 0.4) is 0 Å². The van der Waals surface area contributed by atoms with Crippen molar-refractivity contribution in [2.75, 3.05) is 0 Å². The number of hydrogen-bond donors (Lipinski definition) is 0. The van der Waals surface area contributed by atoms with Gasteiger partial charge < -0.3 is 4.90 Å². The molecule has 2 nitrogen and oxygen atoms in total. The summed E-state index contributed by atoms with van der Waals surface area (Å²) in [7, 11) is 0. The van der Waals surface area contributed by atoms with Gasteiger partial charge in [0.1, 0.15) is 0 Å². The molecule has 25 heavy (non-hydrogen) atoms. The molecule has 1 aliphatic rings. The second kappa shape index (κ2) is 6.78. The normalized spacial score (nSPS) is 13.6. The van der Waals surface area contributed by atoms with Crippen LogP contribution in [0.4, 0.5) is 0 Å². The first-order chi connectivity index (χ1) is 12.3. The average molecular weight is 325 g/mol. The van der Waals surface area contributed by atoms with E-state index >= 15 is 0 Å². The molecule has 2 heteroatoms. The van der Waals surface area contributed by atoms with Gasteiger partial charge in [0.25, 0.3) is 0 Å². The van der Waals surface area contributed by atoms with Gasteiger partial charge in [-0.15, -0.1) is 0 Å². The molecule has 0 unspecified atom stereocenters. The maximum Gasteiger partial charge on any atom is 0.187 e. The topological polar surface area (TPSA) is 20.3 Å². The Bertz CT molecular complexity index is 888. The van der Waals surface area contributed by atoms with Gasteiger partial charge in [-0.1, -0.05) is 84.9 Å². The molecule has 0 saturated carbocycles. The van der Waals surface area contributed by atoms with Crippen molar-refractivity contribution >= 4 is 11.5 Å². The van der Waals surface area contributed by atoms with Crippen molar-refractivity contribution < 1.29 is 4.79 Å². The molecule has 3 aromatic carbocycles. The van der Waals surface area contributed by atoms with Crippen molar-refractivity contribution in [2.45, 2.75) is 13.1 Å². The van der Waals surface area contributed by atoms with Gasteiger partial charge in [0.15, 0.2) is 5.78 Å². The minimum Gasteiger partial charge on any atom is -0.362 e. The van der Waals surface area contributed by atoms with E-state index in [1.165, 1.54) is 11.1 Å². The molecule has 122 valence electrons. The van der Waals surface area contributed by atoms with E-state index in [9.17, 15) is 4.79 Å². The fourth-order valence-corrected chi connectivity index (χ4v) is 3.28. The van der Waals surface area contributed by atoms with Crippen LogP contribution >= 0.6 is 0 Å². The quantitative estimate of drug-likeness (QED) is 0.501. The number of benzene rings is 3. The van der Waals surface area contributed by atoms with E-state index in [0.29, 0.717) is 5.56 Å². The van der Waals surface area contributed by atoms with Gasteiger partial charge in [0.2, 0.25) is 0 Å². The maximum atomic E-state index is 12.8. The minimum absolute atomic E-state index is 0.0374. The molecule has 0 fully saturated rings. The van der Waals surface area contributed by atoms with Crippen LogP contribution in [0.15, 0.2) is 91.0 Å². The van der Waals surface area contributed by atoms with E-state index in [0.717, 1.165) is 24.4 Å². The Morgan fingerprint density at radius 2 is 1.16 bits per heavy atom. The Labute approximate surface area is 148 Å². The Hall–Kier alpha value is -3.13. The molecule has 0 bridgehead atoms. The summed E-state index contributed by atoms with van der Waals surface area (Å²) < 4.78 is 0. The monoisotopic (exact) mass is 325 g/mol. The molecule has 0 N–H and O–H groups in total. The summed E-state index contributed by atoms with van der Waals surface area (Å²) in [5.41, 5.74) is 5.42. The first-order valence-electron chi connectivity index (χ1n) is 8.49. The predicted molar refractivity (Wildman–Crippen MR) is 101 cm³/mol. The molecule has 0 atom stereocenters. The zero-order valence-electron chi connectivity index (χ0n) is 13.9. The van der Waals surface area contributed by atoms with Crippen LogP contribution in [-0.2, 0) is 13.1 Å². The van der Waals surface area contributed by atoms with Crippen LogP contribution in [0.2, 0.25) is 0 Å². The number of fused-ring (bicyclic) bond motifs is 1. The van der Waals surface area contributed by atoms with Crippen molar-refractivity contribution in [3.63, 3.8) is 0 Å². The lowest BCUT2D eigenvalue weighted by Gasteiger charge is -2.22. The predicted octanol–water partition coefficient (Wildman–Crippen LogP) is 4.93. The minimum atomic E-state index is 0.0374. The third kappa shape index (κ3) is 3.24. The Balaban J connectivity index is 1.71. The van der Waals surface area contributed by atoms with Crippen LogP contribution in [0, 0.1) is 0 Å². The van der Waals surface area contributed by atoms with E-state index in [1.54, 1.807) is 6.08 Å². The fraction of sp³-hybridized carbons (Fsp3) is 0.0870. The Kier molecular flexibility index (Phi) is 4.17. The molecule has 0 saturated heterocycles. The second-order valence-corrected chi connectivity index (χ2v) is 6.25. The lowest BCUT2D eigenvalue weighted by molar-refractivity contribution is 0.104. The molecule has 0 aromatic heterocycles. The summed E-state index contributed by atoms with van der Waals surface area (Å²) in [5, 5.41) is 0. The van der Waals surface area contributed by atoms with E-state index < -0.39 is 0 Å². The average Bonchev–Trinajstić information content (AvgIpc) is 3.11. The first-order valence-corrected chi connectivity index (χ1v) is 8.49. The highest BCUT2D eigenvalue weighted by Gasteiger charge is 2.22. The van der Waals surface area contributed by atoms with Crippen molar-refractivity contribution in [2.24, 2.45) is 0 Å². The highest BCUT2D eigenvalue weighted by Crippen LogP contribution is 2.30. The van der Waals surface area contributed by atoms with E-state index in [4.69, 9.17) is 0 Å². The largest absolute Gasteiger partial charge is 0.362 e. The van der Waals surface area contributed by atoms with Gasteiger partial charge in [-0.25, -0.2) is 0 Å². The second-order valence-electron chi connectivity index (χ2n) is 6.25. The van der Waals surface area contributed by atoms with Gasteiger partial charge in [-0.3, -0.25) is 4.79 Å². The number of nitrogens with zero attached hydrogens (tertiary/aromatic N) is 1. The molecule has 4 rings (SSSR count). The molecule has 1 aliphatic heterocycles. The summed E-state index contributed by atoms with van der Waals surface area (Å²) >= 11 is 0. The highest BCUT2D eigenvalue weighted by atomic mass is 16.1. The maximum absolute atomic E-state index is 12.8. The van der Waals surface area contributed by atoms with Crippen LogP contribution in [-0.4, -0.2) is 10.7 Å². The molecule has 1 heterocycles.